The van der Waals surface area contributed by atoms with Gasteiger partial charge in [-0.1, -0.05) is 27.5 Å². The molecule has 0 atom stereocenters. The molecule has 3 rings (SSSR count). The van der Waals surface area contributed by atoms with E-state index in [4.69, 9.17) is 11.6 Å². The molecule has 6 heteroatoms. The van der Waals surface area contributed by atoms with Crippen LogP contribution >= 0.6 is 27.5 Å². The Kier molecular flexibility index (Phi) is 3.63. The van der Waals surface area contributed by atoms with Gasteiger partial charge in [-0.15, -0.1) is 0 Å². The second-order valence-electron chi connectivity index (χ2n) is 4.46. The van der Waals surface area contributed by atoms with Crippen molar-refractivity contribution in [2.75, 3.05) is 5.32 Å². The number of nitrogens with one attached hydrogen (secondary N) is 1. The molecule has 0 amide bonds. The smallest absolute Gasteiger partial charge is 0.127 e. The van der Waals surface area contributed by atoms with E-state index in [1.54, 1.807) is 6.20 Å². The number of pyridine rings is 1. The minimum Gasteiger partial charge on any atom is -0.364 e. The fraction of sp³-hybridized carbons (Fsp3) is 0.143. The van der Waals surface area contributed by atoms with Gasteiger partial charge in [-0.25, -0.2) is 4.98 Å². The highest BCUT2D eigenvalue weighted by atomic mass is 79.9. The normalized spacial score (nSPS) is 10.9. The van der Waals surface area contributed by atoms with Gasteiger partial charge in [0.25, 0.3) is 0 Å². The standard InChI is InChI=1S/C14H12BrClN4/c1-20-11(4-5-18-20)8-17-13-3-2-9-6-10(15)7-12(16)14(9)19-13/h2-7H,8H2,1H3,(H,17,19). The maximum Gasteiger partial charge on any atom is 0.127 e. The van der Waals surface area contributed by atoms with Crippen LogP contribution in [0.3, 0.4) is 0 Å². The molecule has 4 nitrogen and oxygen atoms in total. The van der Waals surface area contributed by atoms with Gasteiger partial charge in [0.1, 0.15) is 5.82 Å². The number of rotatable bonds is 3. The molecule has 0 spiro atoms. The summed E-state index contributed by atoms with van der Waals surface area (Å²) in [5.74, 6) is 0.794. The van der Waals surface area contributed by atoms with Crippen LogP contribution in [0.1, 0.15) is 5.69 Å². The SMILES string of the molecule is Cn1nccc1CNc1ccc2cc(Br)cc(Cl)c2n1. The molecule has 0 saturated heterocycles. The average Bonchev–Trinajstić information content (AvgIpc) is 2.82. The molecule has 0 bridgehead atoms. The van der Waals surface area contributed by atoms with Crippen molar-refractivity contribution in [2.45, 2.75) is 6.54 Å². The van der Waals surface area contributed by atoms with Gasteiger partial charge in [-0.2, -0.15) is 5.10 Å². The fourth-order valence-electron chi connectivity index (χ4n) is 2.01. The number of fused-ring (bicyclic) bond motifs is 1. The van der Waals surface area contributed by atoms with Crippen LogP contribution in [0.25, 0.3) is 10.9 Å². The molecule has 1 N–H and O–H groups in total. The first-order valence-corrected chi connectivity index (χ1v) is 7.27. The summed E-state index contributed by atoms with van der Waals surface area (Å²) in [5, 5.41) is 9.06. The zero-order valence-electron chi connectivity index (χ0n) is 10.8. The van der Waals surface area contributed by atoms with Crippen molar-refractivity contribution in [3.8, 4) is 0 Å². The number of aryl methyl sites for hydroxylation is 1. The molecule has 3 aromatic rings. The lowest BCUT2D eigenvalue weighted by Crippen LogP contribution is -2.06. The lowest BCUT2D eigenvalue weighted by atomic mass is 10.2. The summed E-state index contributed by atoms with van der Waals surface area (Å²) >= 11 is 9.65. The van der Waals surface area contributed by atoms with Crippen molar-refractivity contribution >= 4 is 44.3 Å². The Hall–Kier alpha value is -1.59. The third-order valence-electron chi connectivity index (χ3n) is 3.08. The quantitative estimate of drug-likeness (QED) is 0.775. The van der Waals surface area contributed by atoms with Gasteiger partial charge in [0.05, 0.1) is 22.8 Å². The molecule has 102 valence electrons. The van der Waals surface area contributed by atoms with Crippen LogP contribution in [-0.4, -0.2) is 14.8 Å². The largest absolute Gasteiger partial charge is 0.364 e. The van der Waals surface area contributed by atoms with Crippen molar-refractivity contribution < 1.29 is 0 Å². The van der Waals surface area contributed by atoms with E-state index in [0.717, 1.165) is 26.9 Å². The Morgan fingerprint density at radius 2 is 2.15 bits per heavy atom. The van der Waals surface area contributed by atoms with Gasteiger partial charge in [0.2, 0.25) is 0 Å². The van der Waals surface area contributed by atoms with Crippen molar-refractivity contribution in [3.63, 3.8) is 0 Å². The number of aromatic nitrogens is 3. The Balaban J connectivity index is 1.88. The summed E-state index contributed by atoms with van der Waals surface area (Å²) < 4.78 is 2.78. The molecule has 1 aromatic carbocycles. The molecular formula is C14H12BrClN4. The molecule has 0 aliphatic carbocycles. The number of hydrogen-bond acceptors (Lipinski definition) is 3. The molecule has 2 heterocycles. The number of nitrogens with zero attached hydrogens (tertiary/aromatic N) is 3. The maximum absolute atomic E-state index is 6.22. The van der Waals surface area contributed by atoms with E-state index in [0.29, 0.717) is 11.6 Å². The minimum atomic E-state index is 0.638. The second kappa shape index (κ2) is 5.42. The van der Waals surface area contributed by atoms with Crippen molar-refractivity contribution in [2.24, 2.45) is 7.05 Å². The summed E-state index contributed by atoms with van der Waals surface area (Å²) in [4.78, 5) is 4.55. The highest BCUT2D eigenvalue weighted by Gasteiger charge is 2.05. The molecule has 0 aliphatic rings. The molecule has 0 unspecified atom stereocenters. The van der Waals surface area contributed by atoms with Crippen LogP contribution in [0.4, 0.5) is 5.82 Å². The molecule has 0 radical (unpaired) electrons. The highest BCUT2D eigenvalue weighted by molar-refractivity contribution is 9.10. The van der Waals surface area contributed by atoms with E-state index in [9.17, 15) is 0 Å². The third-order valence-corrected chi connectivity index (χ3v) is 3.83. The Labute approximate surface area is 129 Å². The molecule has 0 saturated carbocycles. The summed E-state index contributed by atoms with van der Waals surface area (Å²) in [6, 6.07) is 9.77. The van der Waals surface area contributed by atoms with Crippen LogP contribution in [0, 0.1) is 0 Å². The lowest BCUT2D eigenvalue weighted by Gasteiger charge is -2.08. The second-order valence-corrected chi connectivity index (χ2v) is 5.78. The minimum absolute atomic E-state index is 0.638. The van der Waals surface area contributed by atoms with E-state index in [-0.39, 0.29) is 0 Å². The van der Waals surface area contributed by atoms with Gasteiger partial charge >= 0.3 is 0 Å². The van der Waals surface area contributed by atoms with Gasteiger partial charge in [-0.3, -0.25) is 4.68 Å². The van der Waals surface area contributed by atoms with Crippen LogP contribution in [0.15, 0.2) is 41.0 Å². The van der Waals surface area contributed by atoms with E-state index in [1.165, 1.54) is 0 Å². The molecule has 20 heavy (non-hydrogen) atoms. The Bertz CT molecular complexity index is 769. The predicted molar refractivity (Wildman–Crippen MR) is 85.0 cm³/mol. The third kappa shape index (κ3) is 2.64. The highest BCUT2D eigenvalue weighted by Crippen LogP contribution is 2.27. The predicted octanol–water partition coefficient (Wildman–Crippen LogP) is 4.00. The zero-order valence-corrected chi connectivity index (χ0v) is 13.1. The van der Waals surface area contributed by atoms with E-state index < -0.39 is 0 Å². The summed E-state index contributed by atoms with van der Waals surface area (Å²) in [6.07, 6.45) is 1.78. The number of benzene rings is 1. The molecule has 2 aromatic heterocycles. The maximum atomic E-state index is 6.22. The Morgan fingerprint density at radius 3 is 2.90 bits per heavy atom. The van der Waals surface area contributed by atoms with Crippen LogP contribution in [-0.2, 0) is 13.6 Å². The summed E-state index contributed by atoms with van der Waals surface area (Å²) in [7, 11) is 1.92. The average molecular weight is 352 g/mol. The first-order chi connectivity index (χ1) is 9.63. The topological polar surface area (TPSA) is 42.7 Å². The molecule has 0 fully saturated rings. The molecular weight excluding hydrogens is 340 g/mol. The van der Waals surface area contributed by atoms with Crippen molar-refractivity contribution in [3.05, 3.63) is 51.7 Å². The first-order valence-electron chi connectivity index (χ1n) is 6.10. The van der Waals surface area contributed by atoms with Gasteiger partial charge in [0, 0.05) is 23.1 Å². The van der Waals surface area contributed by atoms with Gasteiger partial charge < -0.3 is 5.32 Å². The van der Waals surface area contributed by atoms with Crippen LogP contribution in [0.5, 0.6) is 0 Å². The van der Waals surface area contributed by atoms with E-state index in [1.807, 2.05) is 42.1 Å². The van der Waals surface area contributed by atoms with Crippen LogP contribution < -0.4 is 5.32 Å². The molecule has 0 aliphatic heterocycles. The number of hydrogen-bond donors (Lipinski definition) is 1. The van der Waals surface area contributed by atoms with Gasteiger partial charge in [-0.05, 0) is 30.3 Å². The Morgan fingerprint density at radius 1 is 1.30 bits per heavy atom. The number of halogens is 2. The first kappa shape index (κ1) is 13.4. The lowest BCUT2D eigenvalue weighted by molar-refractivity contribution is 0.720. The number of anilines is 1. The van der Waals surface area contributed by atoms with Gasteiger partial charge in [0.15, 0.2) is 0 Å². The summed E-state index contributed by atoms with van der Waals surface area (Å²) in [6.45, 7) is 0.670. The monoisotopic (exact) mass is 350 g/mol. The van der Waals surface area contributed by atoms with E-state index in [2.05, 4.69) is 31.3 Å². The van der Waals surface area contributed by atoms with Crippen molar-refractivity contribution in [1.29, 1.82) is 0 Å². The zero-order chi connectivity index (χ0) is 14.1. The van der Waals surface area contributed by atoms with E-state index >= 15 is 0 Å². The summed E-state index contributed by atoms with van der Waals surface area (Å²) in [5.41, 5.74) is 1.89. The fourth-order valence-corrected chi connectivity index (χ4v) is 2.89. The van der Waals surface area contributed by atoms with Crippen molar-refractivity contribution in [1.82, 2.24) is 14.8 Å². The van der Waals surface area contributed by atoms with Crippen LogP contribution in [0.2, 0.25) is 5.02 Å².